The summed E-state index contributed by atoms with van der Waals surface area (Å²) in [6.45, 7) is 0. The SMILES string of the molecule is CSc1cccc(C=CC(=O)O)c1CCC(=O)O. The van der Waals surface area contributed by atoms with Crippen molar-refractivity contribution in [2.75, 3.05) is 6.26 Å². The number of benzene rings is 1. The molecule has 0 fully saturated rings. The van der Waals surface area contributed by atoms with Crippen LogP contribution in [0.5, 0.6) is 0 Å². The third kappa shape index (κ3) is 4.25. The number of rotatable bonds is 6. The van der Waals surface area contributed by atoms with E-state index in [0.717, 1.165) is 22.1 Å². The van der Waals surface area contributed by atoms with Crippen molar-refractivity contribution >= 4 is 29.8 Å². The van der Waals surface area contributed by atoms with Crippen molar-refractivity contribution in [1.82, 2.24) is 0 Å². The molecule has 0 bridgehead atoms. The lowest BCUT2D eigenvalue weighted by Gasteiger charge is -2.09. The molecule has 0 amide bonds. The highest BCUT2D eigenvalue weighted by atomic mass is 32.2. The second-order valence-corrected chi connectivity index (χ2v) is 4.44. The lowest BCUT2D eigenvalue weighted by Crippen LogP contribution is -2.00. The molecule has 4 nitrogen and oxygen atoms in total. The highest BCUT2D eigenvalue weighted by Gasteiger charge is 2.08. The van der Waals surface area contributed by atoms with E-state index < -0.39 is 11.9 Å². The molecule has 18 heavy (non-hydrogen) atoms. The van der Waals surface area contributed by atoms with Gasteiger partial charge in [-0.05, 0) is 35.9 Å². The zero-order valence-electron chi connectivity index (χ0n) is 9.92. The quantitative estimate of drug-likeness (QED) is 0.611. The Balaban J connectivity index is 3.07. The van der Waals surface area contributed by atoms with Crippen LogP contribution in [0.1, 0.15) is 17.5 Å². The Morgan fingerprint density at radius 3 is 2.61 bits per heavy atom. The second-order valence-electron chi connectivity index (χ2n) is 3.59. The number of carboxylic acid groups (broad SMARTS) is 2. The van der Waals surface area contributed by atoms with Gasteiger partial charge in [0.1, 0.15) is 0 Å². The zero-order valence-corrected chi connectivity index (χ0v) is 10.7. The van der Waals surface area contributed by atoms with Crippen LogP contribution in [-0.4, -0.2) is 28.4 Å². The number of hydrogen-bond acceptors (Lipinski definition) is 3. The maximum atomic E-state index is 10.6. The molecule has 0 spiro atoms. The maximum Gasteiger partial charge on any atom is 0.328 e. The first kappa shape index (κ1) is 14.3. The fraction of sp³-hybridized carbons (Fsp3) is 0.231. The lowest BCUT2D eigenvalue weighted by molar-refractivity contribution is -0.137. The van der Waals surface area contributed by atoms with Crippen LogP contribution in [0.4, 0.5) is 0 Å². The van der Waals surface area contributed by atoms with Crippen molar-refractivity contribution in [3.8, 4) is 0 Å². The predicted octanol–water partition coefficient (Wildman–Crippen LogP) is 2.52. The van der Waals surface area contributed by atoms with Crippen LogP contribution in [0.25, 0.3) is 6.08 Å². The summed E-state index contributed by atoms with van der Waals surface area (Å²) < 4.78 is 0. The van der Waals surface area contributed by atoms with Gasteiger partial charge in [0, 0.05) is 17.4 Å². The van der Waals surface area contributed by atoms with Gasteiger partial charge in [-0.25, -0.2) is 4.79 Å². The Morgan fingerprint density at radius 2 is 2.06 bits per heavy atom. The van der Waals surface area contributed by atoms with Gasteiger partial charge < -0.3 is 10.2 Å². The minimum absolute atomic E-state index is 0.0332. The van der Waals surface area contributed by atoms with Crippen LogP contribution in [-0.2, 0) is 16.0 Å². The fourth-order valence-corrected chi connectivity index (χ4v) is 2.27. The highest BCUT2D eigenvalue weighted by Crippen LogP contribution is 2.25. The van der Waals surface area contributed by atoms with Crippen LogP contribution in [0.2, 0.25) is 0 Å². The van der Waals surface area contributed by atoms with E-state index in [2.05, 4.69) is 0 Å². The monoisotopic (exact) mass is 266 g/mol. The van der Waals surface area contributed by atoms with E-state index in [-0.39, 0.29) is 6.42 Å². The first-order valence-corrected chi connectivity index (χ1v) is 6.55. The standard InChI is InChI=1S/C13H14O4S/c1-18-11-4-2-3-9(5-7-12(14)15)10(11)6-8-13(16)17/h2-5,7H,6,8H2,1H3,(H,14,15)(H,16,17). The van der Waals surface area contributed by atoms with E-state index >= 15 is 0 Å². The number of hydrogen-bond donors (Lipinski definition) is 2. The maximum absolute atomic E-state index is 10.6. The summed E-state index contributed by atoms with van der Waals surface area (Å²) in [6, 6.07) is 5.52. The molecular formula is C13H14O4S. The topological polar surface area (TPSA) is 74.6 Å². The van der Waals surface area contributed by atoms with Crippen molar-refractivity contribution in [2.45, 2.75) is 17.7 Å². The van der Waals surface area contributed by atoms with Crippen molar-refractivity contribution in [2.24, 2.45) is 0 Å². The summed E-state index contributed by atoms with van der Waals surface area (Å²) in [5.74, 6) is -1.88. The van der Waals surface area contributed by atoms with Crippen LogP contribution in [0.15, 0.2) is 29.2 Å². The molecular weight excluding hydrogens is 252 g/mol. The summed E-state index contributed by atoms with van der Waals surface area (Å²) >= 11 is 1.52. The Labute approximate surface area is 109 Å². The van der Waals surface area contributed by atoms with Crippen LogP contribution in [0, 0.1) is 0 Å². The molecule has 1 rings (SSSR count). The summed E-state index contributed by atoms with van der Waals surface area (Å²) in [7, 11) is 0. The van der Waals surface area contributed by atoms with E-state index in [1.165, 1.54) is 17.8 Å². The molecule has 0 saturated heterocycles. The van der Waals surface area contributed by atoms with E-state index in [4.69, 9.17) is 10.2 Å². The molecule has 0 unspecified atom stereocenters. The first-order valence-electron chi connectivity index (χ1n) is 5.33. The molecule has 0 saturated carbocycles. The average molecular weight is 266 g/mol. The second kappa shape index (κ2) is 6.86. The van der Waals surface area contributed by atoms with Gasteiger partial charge in [0.2, 0.25) is 0 Å². The molecule has 0 heterocycles. The summed E-state index contributed by atoms with van der Waals surface area (Å²) in [5.41, 5.74) is 1.63. The van der Waals surface area contributed by atoms with Gasteiger partial charge in [-0.15, -0.1) is 11.8 Å². The molecule has 0 atom stereocenters. The van der Waals surface area contributed by atoms with Gasteiger partial charge in [0.05, 0.1) is 0 Å². The number of thioether (sulfide) groups is 1. The van der Waals surface area contributed by atoms with Gasteiger partial charge in [-0.3, -0.25) is 4.79 Å². The van der Waals surface area contributed by atoms with E-state index in [9.17, 15) is 9.59 Å². The molecule has 1 aromatic carbocycles. The van der Waals surface area contributed by atoms with Crippen LogP contribution >= 0.6 is 11.8 Å². The Hall–Kier alpha value is -1.75. The minimum atomic E-state index is -1.02. The van der Waals surface area contributed by atoms with Crippen molar-refractivity contribution in [3.05, 3.63) is 35.4 Å². The van der Waals surface area contributed by atoms with E-state index in [1.807, 2.05) is 18.4 Å². The van der Waals surface area contributed by atoms with Gasteiger partial charge >= 0.3 is 11.9 Å². The van der Waals surface area contributed by atoms with E-state index in [1.54, 1.807) is 6.07 Å². The van der Waals surface area contributed by atoms with Crippen molar-refractivity contribution in [3.63, 3.8) is 0 Å². The molecule has 0 aliphatic carbocycles. The van der Waals surface area contributed by atoms with Gasteiger partial charge in [0.25, 0.3) is 0 Å². The summed E-state index contributed by atoms with van der Waals surface area (Å²) in [5, 5.41) is 17.4. The largest absolute Gasteiger partial charge is 0.481 e. The normalized spacial score (nSPS) is 10.7. The van der Waals surface area contributed by atoms with Crippen molar-refractivity contribution in [1.29, 1.82) is 0 Å². The molecule has 5 heteroatoms. The Bertz CT molecular complexity index is 480. The molecule has 2 N–H and O–H groups in total. The summed E-state index contributed by atoms with van der Waals surface area (Å²) in [4.78, 5) is 22.1. The Morgan fingerprint density at radius 1 is 1.33 bits per heavy atom. The van der Waals surface area contributed by atoms with Gasteiger partial charge in [-0.2, -0.15) is 0 Å². The first-order chi connectivity index (χ1) is 8.54. The molecule has 0 radical (unpaired) electrons. The van der Waals surface area contributed by atoms with Gasteiger partial charge in [0.15, 0.2) is 0 Å². The highest BCUT2D eigenvalue weighted by molar-refractivity contribution is 7.98. The molecule has 0 aliphatic heterocycles. The third-order valence-corrected chi connectivity index (χ3v) is 3.21. The van der Waals surface area contributed by atoms with E-state index in [0.29, 0.717) is 6.42 Å². The van der Waals surface area contributed by atoms with Crippen LogP contribution < -0.4 is 0 Å². The van der Waals surface area contributed by atoms with Crippen molar-refractivity contribution < 1.29 is 19.8 Å². The number of carbonyl (C=O) groups is 2. The molecule has 0 aliphatic rings. The number of carboxylic acids is 2. The zero-order chi connectivity index (χ0) is 13.5. The lowest BCUT2D eigenvalue weighted by atomic mass is 10.0. The molecule has 1 aromatic rings. The predicted molar refractivity (Wildman–Crippen MR) is 70.8 cm³/mol. The number of aliphatic carboxylic acids is 2. The fourth-order valence-electron chi connectivity index (χ4n) is 1.59. The minimum Gasteiger partial charge on any atom is -0.481 e. The summed E-state index contributed by atoms with van der Waals surface area (Å²) in [6.07, 6.45) is 4.89. The molecule has 0 aromatic heterocycles. The average Bonchev–Trinajstić information content (AvgIpc) is 2.33. The third-order valence-electron chi connectivity index (χ3n) is 2.38. The molecule has 96 valence electrons. The van der Waals surface area contributed by atoms with Gasteiger partial charge in [-0.1, -0.05) is 12.1 Å². The smallest absolute Gasteiger partial charge is 0.328 e. The Kier molecular flexibility index (Phi) is 5.45. The van der Waals surface area contributed by atoms with Crippen LogP contribution in [0.3, 0.4) is 0 Å².